The first kappa shape index (κ1) is 19.0. The topological polar surface area (TPSA) is 90.1 Å². The summed E-state index contributed by atoms with van der Waals surface area (Å²) in [5.74, 6) is 0.965. The van der Waals surface area contributed by atoms with Gasteiger partial charge in [0.15, 0.2) is 5.58 Å². The second kappa shape index (κ2) is 6.62. The highest BCUT2D eigenvalue weighted by Crippen LogP contribution is 2.60. The zero-order valence-corrected chi connectivity index (χ0v) is 17.3. The first-order chi connectivity index (χ1) is 13.1. The molecule has 2 aliphatic carbocycles. The van der Waals surface area contributed by atoms with Gasteiger partial charge in [0.2, 0.25) is 5.84 Å². The van der Waals surface area contributed by atoms with E-state index in [1.807, 2.05) is 24.3 Å². The van der Waals surface area contributed by atoms with Crippen molar-refractivity contribution in [2.45, 2.75) is 58.4 Å². The molecule has 28 heavy (non-hydrogen) atoms. The number of benzene rings is 1. The number of aromatic nitrogens is 1. The summed E-state index contributed by atoms with van der Waals surface area (Å²) >= 11 is 0. The van der Waals surface area contributed by atoms with Crippen molar-refractivity contribution >= 4 is 22.6 Å². The smallest absolute Gasteiger partial charge is 0.408 e. The largest absolute Gasteiger partial charge is 0.419 e. The predicted octanol–water partition coefficient (Wildman–Crippen LogP) is 2.95. The summed E-state index contributed by atoms with van der Waals surface area (Å²) in [4.78, 5) is 16.6. The number of aryl methyl sites for hydroxylation is 1. The van der Waals surface area contributed by atoms with Crippen molar-refractivity contribution in [2.75, 3.05) is 0 Å². The van der Waals surface area contributed by atoms with Gasteiger partial charge in [0.25, 0.3) is 0 Å². The van der Waals surface area contributed by atoms with E-state index in [2.05, 4.69) is 26.1 Å². The van der Waals surface area contributed by atoms with Crippen molar-refractivity contribution in [3.8, 4) is 0 Å². The Morgan fingerprint density at radius 2 is 2.11 bits per heavy atom. The Morgan fingerprint density at radius 1 is 1.36 bits per heavy atom. The van der Waals surface area contributed by atoms with Gasteiger partial charge in [-0.25, -0.2) is 4.79 Å². The van der Waals surface area contributed by atoms with Crippen LogP contribution in [-0.4, -0.2) is 15.9 Å². The molecule has 0 radical (unpaired) electrons. The second-order valence-electron chi connectivity index (χ2n) is 9.71. The van der Waals surface area contributed by atoms with Crippen LogP contribution in [0.15, 0.2) is 44.2 Å². The maximum Gasteiger partial charge on any atom is 0.419 e. The molecule has 1 heterocycles. The molecule has 2 aromatic rings. The Kier molecular flexibility index (Phi) is 4.49. The van der Waals surface area contributed by atoms with E-state index in [-0.39, 0.29) is 11.3 Å². The van der Waals surface area contributed by atoms with Gasteiger partial charge in [0.05, 0.1) is 16.7 Å². The lowest BCUT2D eigenvalue weighted by Crippen LogP contribution is -2.97. The average Bonchev–Trinajstić information content (AvgIpc) is 3.11. The van der Waals surface area contributed by atoms with E-state index in [4.69, 9.17) is 15.1 Å². The minimum atomic E-state index is -0.364. The van der Waals surface area contributed by atoms with Crippen LogP contribution < -0.4 is 16.8 Å². The molecule has 2 saturated carbocycles. The SMILES string of the molecule is Cn1c(=O)oc2cc(N=C(/C=C(\N)[C@H]3CCC4(CC4)C3)[NH2+]C(C)(C)C)ccc21. The third-order valence-corrected chi connectivity index (χ3v) is 6.06. The summed E-state index contributed by atoms with van der Waals surface area (Å²) in [6, 6.07) is 5.59. The first-order valence-corrected chi connectivity index (χ1v) is 10.2. The van der Waals surface area contributed by atoms with Crippen molar-refractivity contribution in [2.24, 2.45) is 29.1 Å². The Labute approximate surface area is 165 Å². The number of nitrogens with two attached hydrogens (primary N) is 2. The maximum absolute atomic E-state index is 11.7. The Hall–Kier alpha value is -2.34. The van der Waals surface area contributed by atoms with Gasteiger partial charge in [0, 0.05) is 24.9 Å². The number of nitrogens with zero attached hydrogens (tertiary/aromatic N) is 2. The molecule has 150 valence electrons. The molecule has 2 aliphatic rings. The quantitative estimate of drug-likeness (QED) is 0.631. The number of hydrogen-bond acceptors (Lipinski definition) is 4. The minimum Gasteiger partial charge on any atom is -0.408 e. The molecule has 0 amide bonds. The maximum atomic E-state index is 11.7. The molecule has 0 saturated heterocycles. The standard InChI is InChI=1S/C22H30N4O2/c1-21(2,3)25-19(12-16(23)14-7-8-22(13-14)9-10-22)24-15-5-6-17-18(11-15)28-20(27)26(17)4/h5-6,11-12,14H,7-10,13,23H2,1-4H3,(H,24,25)/p+1/b16-12-/t14-/m0/s1. The lowest BCUT2D eigenvalue weighted by molar-refractivity contribution is -0.612. The fourth-order valence-corrected chi connectivity index (χ4v) is 4.30. The zero-order valence-electron chi connectivity index (χ0n) is 17.3. The summed E-state index contributed by atoms with van der Waals surface area (Å²) in [6.07, 6.45) is 8.50. The van der Waals surface area contributed by atoms with Crippen LogP contribution in [0.25, 0.3) is 11.1 Å². The van der Waals surface area contributed by atoms with Crippen molar-refractivity contribution in [1.82, 2.24) is 4.57 Å². The molecule has 1 atom stereocenters. The molecule has 6 heteroatoms. The van der Waals surface area contributed by atoms with Crippen LogP contribution >= 0.6 is 0 Å². The van der Waals surface area contributed by atoms with Crippen LogP contribution in [-0.2, 0) is 7.05 Å². The molecule has 2 fully saturated rings. The lowest BCUT2D eigenvalue weighted by atomic mass is 9.99. The number of aliphatic imine (C=N–C) groups is 1. The van der Waals surface area contributed by atoms with E-state index in [1.165, 1.54) is 36.7 Å². The van der Waals surface area contributed by atoms with Gasteiger partial charge >= 0.3 is 5.76 Å². The zero-order chi connectivity index (χ0) is 20.1. The molecular formula is C22H31N4O2+. The van der Waals surface area contributed by atoms with Crippen LogP contribution in [0, 0.1) is 11.3 Å². The Balaban J connectivity index is 1.65. The van der Waals surface area contributed by atoms with Crippen molar-refractivity contribution in [3.63, 3.8) is 0 Å². The number of rotatable bonds is 3. The average molecular weight is 384 g/mol. The van der Waals surface area contributed by atoms with Crippen LogP contribution in [0.2, 0.25) is 0 Å². The van der Waals surface area contributed by atoms with Gasteiger partial charge in [-0.1, -0.05) is 0 Å². The van der Waals surface area contributed by atoms with E-state index in [0.717, 1.165) is 22.7 Å². The summed E-state index contributed by atoms with van der Waals surface area (Å²) in [5, 5.41) is 2.15. The summed E-state index contributed by atoms with van der Waals surface area (Å²) in [6.45, 7) is 6.46. The molecule has 0 bridgehead atoms. The third-order valence-electron chi connectivity index (χ3n) is 6.06. The van der Waals surface area contributed by atoms with Crippen LogP contribution in [0.1, 0.15) is 52.9 Å². The second-order valence-corrected chi connectivity index (χ2v) is 9.71. The lowest BCUT2D eigenvalue weighted by Gasteiger charge is -2.17. The number of fused-ring (bicyclic) bond motifs is 1. The van der Waals surface area contributed by atoms with Crippen LogP contribution in [0.5, 0.6) is 0 Å². The normalized spacial score (nSPS) is 22.4. The fourth-order valence-electron chi connectivity index (χ4n) is 4.30. The summed E-state index contributed by atoms with van der Waals surface area (Å²) in [7, 11) is 1.70. The van der Waals surface area contributed by atoms with Crippen molar-refractivity contribution < 1.29 is 9.73 Å². The number of hydrogen-bond donors (Lipinski definition) is 2. The third kappa shape index (κ3) is 3.92. The van der Waals surface area contributed by atoms with Gasteiger partial charge in [-0.2, -0.15) is 4.99 Å². The van der Waals surface area contributed by atoms with E-state index in [0.29, 0.717) is 16.9 Å². The van der Waals surface area contributed by atoms with Gasteiger partial charge in [0.1, 0.15) is 0 Å². The summed E-state index contributed by atoms with van der Waals surface area (Å²) in [5.41, 5.74) is 10.1. The Bertz CT molecular complexity index is 1020. The van der Waals surface area contributed by atoms with Crippen LogP contribution in [0.4, 0.5) is 5.69 Å². The number of quaternary nitrogens is 1. The molecule has 1 aromatic carbocycles. The molecule has 1 aromatic heterocycles. The number of allylic oxidation sites excluding steroid dienone is 1. The van der Waals surface area contributed by atoms with Gasteiger partial charge in [-0.05, 0) is 76.3 Å². The van der Waals surface area contributed by atoms with E-state index in [9.17, 15) is 4.79 Å². The molecule has 0 aliphatic heterocycles. The van der Waals surface area contributed by atoms with Crippen molar-refractivity contribution in [1.29, 1.82) is 0 Å². The summed E-state index contributed by atoms with van der Waals surface area (Å²) < 4.78 is 6.80. The predicted molar refractivity (Wildman–Crippen MR) is 112 cm³/mol. The Morgan fingerprint density at radius 3 is 2.75 bits per heavy atom. The fraction of sp³-hybridized carbons (Fsp3) is 0.545. The molecular weight excluding hydrogens is 352 g/mol. The molecule has 1 spiro atoms. The minimum absolute atomic E-state index is 0.0214. The highest BCUT2D eigenvalue weighted by Gasteiger charge is 2.48. The number of oxazole rings is 1. The van der Waals surface area contributed by atoms with Gasteiger partial charge in [-0.15, -0.1) is 0 Å². The first-order valence-electron chi connectivity index (χ1n) is 10.2. The van der Waals surface area contributed by atoms with E-state index in [1.54, 1.807) is 7.05 Å². The van der Waals surface area contributed by atoms with E-state index < -0.39 is 0 Å². The highest BCUT2D eigenvalue weighted by atomic mass is 16.4. The van der Waals surface area contributed by atoms with Gasteiger partial charge in [-0.3, -0.25) is 9.88 Å². The van der Waals surface area contributed by atoms with Crippen molar-refractivity contribution in [3.05, 3.63) is 40.5 Å². The molecule has 6 nitrogen and oxygen atoms in total. The molecule has 4 N–H and O–H groups in total. The molecule has 4 rings (SSSR count). The van der Waals surface area contributed by atoms with E-state index >= 15 is 0 Å². The monoisotopic (exact) mass is 383 g/mol. The number of amidine groups is 1. The highest BCUT2D eigenvalue weighted by molar-refractivity contribution is 5.88. The van der Waals surface area contributed by atoms with Crippen LogP contribution in [0.3, 0.4) is 0 Å². The van der Waals surface area contributed by atoms with Gasteiger partial charge < -0.3 is 10.2 Å². The molecule has 0 unspecified atom stereocenters.